The SMILES string of the molecule is O=C(NCCO)c1cncc(-c2cccc3nn(Cc4cccc(C(F)(F)F)c4)cc23)c1. The van der Waals surface area contributed by atoms with Crippen molar-refractivity contribution < 1.29 is 23.1 Å². The highest BCUT2D eigenvalue weighted by atomic mass is 19.4. The van der Waals surface area contributed by atoms with Crippen LogP contribution in [0.4, 0.5) is 13.2 Å². The standard InChI is InChI=1S/C23H19F3N4O2/c24-23(25,26)18-4-1-3-15(9-18)13-30-14-20-19(5-2-6-21(20)29-30)16-10-17(12-27-11-16)22(32)28-7-8-31/h1-6,9-12,14,31H,7-8,13H2,(H,28,32). The quantitative estimate of drug-likeness (QED) is 0.477. The van der Waals surface area contributed by atoms with Gasteiger partial charge in [0.05, 0.1) is 29.8 Å². The Kier molecular flexibility index (Phi) is 5.91. The number of hydrogen-bond donors (Lipinski definition) is 2. The predicted octanol–water partition coefficient (Wildman–Crippen LogP) is 3.89. The maximum atomic E-state index is 13.0. The molecular weight excluding hydrogens is 421 g/mol. The minimum atomic E-state index is -4.40. The number of nitrogens with zero attached hydrogens (tertiary/aromatic N) is 3. The molecule has 2 aromatic heterocycles. The summed E-state index contributed by atoms with van der Waals surface area (Å²) in [6.07, 6.45) is 0.429. The van der Waals surface area contributed by atoms with Gasteiger partial charge in [-0.1, -0.05) is 24.3 Å². The summed E-state index contributed by atoms with van der Waals surface area (Å²) in [6, 6.07) is 12.4. The number of aliphatic hydroxyl groups is 1. The number of benzene rings is 2. The molecular formula is C23H19F3N4O2. The first kappa shape index (κ1) is 21.5. The molecule has 6 nitrogen and oxygen atoms in total. The van der Waals surface area contributed by atoms with Crippen molar-refractivity contribution in [1.82, 2.24) is 20.1 Å². The van der Waals surface area contributed by atoms with Crippen molar-refractivity contribution in [3.8, 4) is 11.1 Å². The van der Waals surface area contributed by atoms with Crippen LogP contribution in [-0.4, -0.2) is 38.9 Å². The van der Waals surface area contributed by atoms with E-state index in [1.807, 2.05) is 18.2 Å². The molecule has 0 aliphatic heterocycles. The normalized spacial score (nSPS) is 11.6. The van der Waals surface area contributed by atoms with Gasteiger partial charge in [-0.15, -0.1) is 0 Å². The van der Waals surface area contributed by atoms with Crippen LogP contribution in [0.3, 0.4) is 0 Å². The van der Waals surface area contributed by atoms with Crippen molar-refractivity contribution >= 4 is 16.8 Å². The lowest BCUT2D eigenvalue weighted by Gasteiger charge is -2.08. The first-order valence-corrected chi connectivity index (χ1v) is 9.82. The zero-order chi connectivity index (χ0) is 22.7. The summed E-state index contributed by atoms with van der Waals surface area (Å²) in [6.45, 7) is 0.157. The number of aliphatic hydroxyl groups excluding tert-OH is 1. The molecule has 0 bridgehead atoms. The molecule has 0 radical (unpaired) electrons. The summed E-state index contributed by atoms with van der Waals surface area (Å²) in [5.74, 6) is -0.346. The molecule has 0 atom stereocenters. The second kappa shape index (κ2) is 8.80. The number of fused-ring (bicyclic) bond motifs is 1. The molecule has 0 saturated carbocycles. The molecule has 32 heavy (non-hydrogen) atoms. The summed E-state index contributed by atoms with van der Waals surface area (Å²) in [5.41, 5.74) is 2.30. The summed E-state index contributed by atoms with van der Waals surface area (Å²) in [5, 5.41) is 16.7. The fourth-order valence-corrected chi connectivity index (χ4v) is 3.44. The average Bonchev–Trinajstić information content (AvgIpc) is 3.19. The van der Waals surface area contributed by atoms with Gasteiger partial charge in [0.15, 0.2) is 0 Å². The van der Waals surface area contributed by atoms with Crippen LogP contribution in [0.25, 0.3) is 22.0 Å². The van der Waals surface area contributed by atoms with Gasteiger partial charge in [-0.05, 0) is 35.4 Å². The average molecular weight is 440 g/mol. The van der Waals surface area contributed by atoms with Gasteiger partial charge >= 0.3 is 6.18 Å². The summed E-state index contributed by atoms with van der Waals surface area (Å²) in [7, 11) is 0. The largest absolute Gasteiger partial charge is 0.416 e. The Bertz CT molecular complexity index is 1270. The van der Waals surface area contributed by atoms with Gasteiger partial charge in [0, 0.05) is 36.1 Å². The van der Waals surface area contributed by atoms with E-state index in [2.05, 4.69) is 15.4 Å². The molecule has 0 spiro atoms. The highest BCUT2D eigenvalue weighted by molar-refractivity contribution is 5.98. The Balaban J connectivity index is 1.66. The van der Waals surface area contributed by atoms with Gasteiger partial charge < -0.3 is 10.4 Å². The van der Waals surface area contributed by atoms with E-state index in [1.54, 1.807) is 29.2 Å². The van der Waals surface area contributed by atoms with Gasteiger partial charge in [0.2, 0.25) is 0 Å². The lowest BCUT2D eigenvalue weighted by Crippen LogP contribution is -2.26. The fraction of sp³-hybridized carbons (Fsp3) is 0.174. The number of amides is 1. The van der Waals surface area contributed by atoms with Crippen LogP contribution in [0.5, 0.6) is 0 Å². The van der Waals surface area contributed by atoms with Gasteiger partial charge in [-0.25, -0.2) is 0 Å². The van der Waals surface area contributed by atoms with Gasteiger partial charge in [-0.3, -0.25) is 14.5 Å². The van der Waals surface area contributed by atoms with Crippen LogP contribution in [0.1, 0.15) is 21.5 Å². The Hall–Kier alpha value is -3.72. The lowest BCUT2D eigenvalue weighted by atomic mass is 10.0. The van der Waals surface area contributed by atoms with E-state index in [9.17, 15) is 18.0 Å². The summed E-state index contributed by atoms with van der Waals surface area (Å²) in [4.78, 5) is 16.3. The Morgan fingerprint density at radius 1 is 1.09 bits per heavy atom. The van der Waals surface area contributed by atoms with Gasteiger partial charge in [-0.2, -0.15) is 18.3 Å². The second-order valence-corrected chi connectivity index (χ2v) is 7.20. The molecule has 0 aliphatic carbocycles. The third-order valence-corrected chi connectivity index (χ3v) is 4.91. The molecule has 2 heterocycles. The van der Waals surface area contributed by atoms with Crippen LogP contribution < -0.4 is 5.32 Å². The number of halogens is 3. The number of hydrogen-bond acceptors (Lipinski definition) is 4. The number of alkyl halides is 3. The van der Waals surface area contributed by atoms with Gasteiger partial charge in [0.1, 0.15) is 0 Å². The van der Waals surface area contributed by atoms with Gasteiger partial charge in [0.25, 0.3) is 5.91 Å². The van der Waals surface area contributed by atoms with E-state index in [1.165, 1.54) is 12.3 Å². The second-order valence-electron chi connectivity index (χ2n) is 7.20. The molecule has 2 N–H and O–H groups in total. The number of rotatable bonds is 6. The zero-order valence-corrected chi connectivity index (χ0v) is 16.8. The van der Waals surface area contributed by atoms with E-state index < -0.39 is 11.7 Å². The first-order chi connectivity index (χ1) is 15.3. The highest BCUT2D eigenvalue weighted by Crippen LogP contribution is 2.31. The monoisotopic (exact) mass is 440 g/mol. The maximum absolute atomic E-state index is 13.0. The van der Waals surface area contributed by atoms with Crippen molar-refractivity contribution in [1.29, 1.82) is 0 Å². The van der Waals surface area contributed by atoms with Crippen molar-refractivity contribution in [3.05, 3.63) is 83.8 Å². The number of nitrogens with one attached hydrogen (secondary N) is 1. The third kappa shape index (κ3) is 4.62. The highest BCUT2D eigenvalue weighted by Gasteiger charge is 2.30. The molecule has 0 unspecified atom stereocenters. The van der Waals surface area contributed by atoms with Crippen LogP contribution in [0.15, 0.2) is 67.1 Å². The maximum Gasteiger partial charge on any atom is 0.416 e. The van der Waals surface area contributed by atoms with Crippen molar-refractivity contribution in [2.45, 2.75) is 12.7 Å². The summed E-state index contributed by atoms with van der Waals surface area (Å²) < 4.78 is 40.6. The van der Waals surface area contributed by atoms with E-state index in [-0.39, 0.29) is 25.6 Å². The predicted molar refractivity (Wildman–Crippen MR) is 113 cm³/mol. The van der Waals surface area contributed by atoms with E-state index >= 15 is 0 Å². The zero-order valence-electron chi connectivity index (χ0n) is 16.8. The molecule has 0 fully saturated rings. The Labute approximate surface area is 181 Å². The van der Waals surface area contributed by atoms with Crippen molar-refractivity contribution in [2.75, 3.05) is 13.2 Å². The Morgan fingerprint density at radius 2 is 1.91 bits per heavy atom. The third-order valence-electron chi connectivity index (χ3n) is 4.91. The Morgan fingerprint density at radius 3 is 2.69 bits per heavy atom. The molecule has 0 saturated heterocycles. The lowest BCUT2D eigenvalue weighted by molar-refractivity contribution is -0.137. The van der Waals surface area contributed by atoms with Crippen LogP contribution in [0.2, 0.25) is 0 Å². The first-order valence-electron chi connectivity index (χ1n) is 9.82. The van der Waals surface area contributed by atoms with Crippen molar-refractivity contribution in [2.24, 2.45) is 0 Å². The molecule has 1 amide bonds. The number of aromatic nitrogens is 3. The van der Waals surface area contributed by atoms with Crippen LogP contribution >= 0.6 is 0 Å². The molecule has 164 valence electrons. The summed E-state index contributed by atoms with van der Waals surface area (Å²) >= 11 is 0. The number of pyridine rings is 1. The molecule has 2 aromatic carbocycles. The molecule has 4 rings (SSSR count). The van der Waals surface area contributed by atoms with Crippen LogP contribution in [-0.2, 0) is 12.7 Å². The minimum Gasteiger partial charge on any atom is -0.395 e. The smallest absolute Gasteiger partial charge is 0.395 e. The van der Waals surface area contributed by atoms with E-state index in [0.717, 1.165) is 23.1 Å². The molecule has 4 aromatic rings. The van der Waals surface area contributed by atoms with Crippen molar-refractivity contribution in [3.63, 3.8) is 0 Å². The number of carbonyl (C=O) groups is 1. The molecule has 9 heteroatoms. The van der Waals surface area contributed by atoms with E-state index in [4.69, 9.17) is 5.11 Å². The topological polar surface area (TPSA) is 80.0 Å². The van der Waals surface area contributed by atoms with E-state index in [0.29, 0.717) is 22.2 Å². The van der Waals surface area contributed by atoms with Crippen LogP contribution in [0, 0.1) is 0 Å². The number of carbonyl (C=O) groups excluding carboxylic acids is 1. The fourth-order valence-electron chi connectivity index (χ4n) is 3.44. The minimum absolute atomic E-state index is 0.140. The molecule has 0 aliphatic rings.